The van der Waals surface area contributed by atoms with Gasteiger partial charge in [-0.15, -0.1) is 0 Å². The van der Waals surface area contributed by atoms with E-state index in [1.807, 2.05) is 0 Å². The Morgan fingerprint density at radius 2 is 0.688 bits per heavy atom. The lowest BCUT2D eigenvalue weighted by Crippen LogP contribution is -2.40. The van der Waals surface area contributed by atoms with E-state index in [9.17, 15) is 0 Å². The monoisotopic (exact) mass is 288 g/mol. The Morgan fingerprint density at radius 3 is 0.812 bits per heavy atom. The van der Waals surface area contributed by atoms with E-state index in [1.54, 1.807) is 14.7 Å². The van der Waals surface area contributed by atoms with Crippen molar-refractivity contribution >= 4 is 38.4 Å². The van der Waals surface area contributed by atoms with E-state index in [4.69, 9.17) is 0 Å². The average molecular weight is 289 g/mol. The molecule has 96 valence electrons. The lowest BCUT2D eigenvalue weighted by atomic mass is 11.7. The van der Waals surface area contributed by atoms with Crippen molar-refractivity contribution in [2.45, 2.75) is 73.6 Å². The van der Waals surface area contributed by atoms with E-state index in [0.29, 0.717) is 0 Å². The summed E-state index contributed by atoms with van der Waals surface area (Å²) >= 11 is -0.424. The third-order valence-corrected chi connectivity index (χ3v) is 24.3. The van der Waals surface area contributed by atoms with Crippen molar-refractivity contribution in [3.8, 4) is 0 Å². The van der Waals surface area contributed by atoms with Crippen molar-refractivity contribution in [2.75, 3.05) is 0 Å². The Balaban J connectivity index is 4.53. The summed E-state index contributed by atoms with van der Waals surface area (Å²) in [6.07, 6.45) is 0. The molecule has 0 aliphatic carbocycles. The first-order valence-electron chi connectivity index (χ1n) is 6.79. The van der Waals surface area contributed by atoms with Gasteiger partial charge in [0.1, 0.15) is 0 Å². The van der Waals surface area contributed by atoms with Crippen molar-refractivity contribution in [1.29, 1.82) is 0 Å². The molecule has 0 unspecified atom stereocenters. The lowest BCUT2D eigenvalue weighted by molar-refractivity contribution is 1.46. The fourth-order valence-corrected chi connectivity index (χ4v) is 29.2. The van der Waals surface area contributed by atoms with Crippen LogP contribution in [0.2, 0.25) is 73.6 Å². The molecule has 0 fully saturated rings. The third kappa shape index (κ3) is 11.7. The maximum atomic E-state index is 2.57. The van der Waals surface area contributed by atoms with Gasteiger partial charge in [-0.25, -0.2) is 0 Å². The zero-order valence-electron chi connectivity index (χ0n) is 13.2. The molecular formula is C12H33AlSi3. The maximum Gasteiger partial charge on any atom is 0.253 e. The highest BCUT2D eigenvalue weighted by molar-refractivity contribution is 7.00. The first kappa shape index (κ1) is 17.2. The average Bonchev–Trinajstić information content (AvgIpc) is 1.70. The second-order valence-corrected chi connectivity index (χ2v) is 31.2. The summed E-state index contributed by atoms with van der Waals surface area (Å²) in [6, 6.07) is 0. The van der Waals surface area contributed by atoms with E-state index < -0.39 is 38.4 Å². The zero-order chi connectivity index (χ0) is 13.2. The van der Waals surface area contributed by atoms with Gasteiger partial charge < -0.3 is 0 Å². The van der Waals surface area contributed by atoms with Gasteiger partial charge >= 0.3 is 0 Å². The van der Waals surface area contributed by atoms with E-state index in [0.717, 1.165) is 0 Å². The quantitative estimate of drug-likeness (QED) is 0.596. The van der Waals surface area contributed by atoms with Gasteiger partial charge in [0.05, 0.1) is 0 Å². The number of hydrogen-bond donors (Lipinski definition) is 0. The van der Waals surface area contributed by atoms with Crippen molar-refractivity contribution in [2.24, 2.45) is 0 Å². The van der Waals surface area contributed by atoms with Gasteiger partial charge in [-0.3, -0.25) is 0 Å². The Bertz CT molecular complexity index is 170. The van der Waals surface area contributed by atoms with Crippen molar-refractivity contribution < 1.29 is 0 Å². The van der Waals surface area contributed by atoms with Crippen LogP contribution in [-0.2, 0) is 0 Å². The minimum atomic E-state index is -0.814. The number of hydrogen-bond acceptors (Lipinski definition) is 0. The highest BCUT2D eigenvalue weighted by Gasteiger charge is 2.33. The summed E-state index contributed by atoms with van der Waals surface area (Å²) < 4.78 is 0. The highest BCUT2D eigenvalue weighted by Crippen LogP contribution is 2.25. The van der Waals surface area contributed by atoms with Crippen LogP contribution >= 0.6 is 0 Å². The molecular weight excluding hydrogens is 255 g/mol. The summed E-state index contributed by atoms with van der Waals surface area (Å²) in [7, 11) is -2.44. The molecule has 16 heavy (non-hydrogen) atoms. The number of rotatable bonds is 6. The largest absolute Gasteiger partial charge is 0.253 e. The Kier molecular flexibility index (Phi) is 6.32. The molecule has 0 spiro atoms. The van der Waals surface area contributed by atoms with Crippen LogP contribution in [0.5, 0.6) is 0 Å². The van der Waals surface area contributed by atoms with E-state index in [-0.39, 0.29) is 0 Å². The van der Waals surface area contributed by atoms with Gasteiger partial charge in [0, 0.05) is 24.2 Å². The molecule has 0 saturated heterocycles. The Hall–Kier alpha value is 1.18. The van der Waals surface area contributed by atoms with Crippen LogP contribution in [0.15, 0.2) is 0 Å². The van der Waals surface area contributed by atoms with Crippen LogP contribution in [0.4, 0.5) is 0 Å². The summed E-state index contributed by atoms with van der Waals surface area (Å²) in [4.78, 5) is 5.09. The minimum absolute atomic E-state index is 0.424. The minimum Gasteiger partial charge on any atom is -0.0983 e. The smallest absolute Gasteiger partial charge is 0.0983 e. The maximum absolute atomic E-state index is 2.57. The van der Waals surface area contributed by atoms with E-state index >= 15 is 0 Å². The van der Waals surface area contributed by atoms with Crippen molar-refractivity contribution in [3.05, 3.63) is 0 Å². The van der Waals surface area contributed by atoms with Gasteiger partial charge in [0.2, 0.25) is 0 Å². The van der Waals surface area contributed by atoms with Crippen LogP contribution in [0.25, 0.3) is 0 Å². The molecule has 0 amide bonds. The molecule has 0 radical (unpaired) electrons. The van der Waals surface area contributed by atoms with Crippen molar-refractivity contribution in [1.82, 2.24) is 0 Å². The van der Waals surface area contributed by atoms with Gasteiger partial charge in [-0.05, 0) is 0 Å². The molecule has 0 rings (SSSR count). The molecule has 0 aliphatic rings. The molecule has 0 aromatic heterocycles. The first-order chi connectivity index (χ1) is 6.79. The van der Waals surface area contributed by atoms with E-state index in [2.05, 4.69) is 58.9 Å². The highest BCUT2D eigenvalue weighted by atomic mass is 28.3. The molecule has 0 aliphatic heterocycles. The van der Waals surface area contributed by atoms with Crippen LogP contribution in [0.3, 0.4) is 0 Å². The molecule has 0 N–H and O–H groups in total. The topological polar surface area (TPSA) is 0 Å². The van der Waals surface area contributed by atoms with Crippen LogP contribution in [0, 0.1) is 0 Å². The predicted octanol–water partition coefficient (Wildman–Crippen LogP) is 5.11. The van der Waals surface area contributed by atoms with E-state index in [1.165, 1.54) is 0 Å². The lowest BCUT2D eigenvalue weighted by Gasteiger charge is -2.29. The van der Waals surface area contributed by atoms with Crippen LogP contribution in [-0.4, -0.2) is 38.4 Å². The molecule has 0 aromatic carbocycles. The van der Waals surface area contributed by atoms with Crippen molar-refractivity contribution in [3.63, 3.8) is 0 Å². The second kappa shape index (κ2) is 5.88. The molecule has 0 saturated carbocycles. The van der Waals surface area contributed by atoms with Gasteiger partial charge in [-0.2, -0.15) is 0 Å². The van der Waals surface area contributed by atoms with Gasteiger partial charge in [0.15, 0.2) is 0 Å². The third-order valence-electron chi connectivity index (χ3n) is 2.70. The fourth-order valence-electron chi connectivity index (χ4n) is 2.81. The molecule has 0 bridgehead atoms. The van der Waals surface area contributed by atoms with Gasteiger partial charge in [-0.1, -0.05) is 73.6 Å². The summed E-state index contributed by atoms with van der Waals surface area (Å²) in [5, 5.41) is 0. The zero-order valence-corrected chi connectivity index (χ0v) is 17.4. The predicted molar refractivity (Wildman–Crippen MR) is 90.2 cm³/mol. The molecule has 0 aromatic rings. The fraction of sp³-hybridized carbons (Fsp3) is 1.00. The first-order valence-corrected chi connectivity index (χ1v) is 20.4. The Morgan fingerprint density at radius 1 is 0.500 bits per heavy atom. The normalized spacial score (nSPS) is 14.1. The molecule has 0 nitrogen and oxygen atoms in total. The van der Waals surface area contributed by atoms with Gasteiger partial charge in [0.25, 0.3) is 14.1 Å². The molecule has 0 atom stereocenters. The Labute approximate surface area is 112 Å². The summed E-state index contributed by atoms with van der Waals surface area (Å²) in [5.74, 6) is 0. The molecule has 4 heteroatoms. The van der Waals surface area contributed by atoms with Crippen LogP contribution < -0.4 is 0 Å². The summed E-state index contributed by atoms with van der Waals surface area (Å²) in [6.45, 7) is 23.1. The molecule has 0 heterocycles. The SMILES string of the molecule is C[Si](C)(C)[CH2][Al]([CH2][Si](C)(C)C)[CH2][Si](C)(C)C. The second-order valence-electron chi connectivity index (χ2n) is 9.16. The summed E-state index contributed by atoms with van der Waals surface area (Å²) in [5.41, 5.74) is 0. The van der Waals surface area contributed by atoms with Crippen LogP contribution in [0.1, 0.15) is 0 Å². The standard InChI is InChI=1S/3C4H11Si.Al/c3*1-5(2,3)4;/h3*1H2,2-4H3;.